The molecule has 3 aromatic rings. The molecule has 35 heavy (non-hydrogen) atoms. The fourth-order valence-corrected chi connectivity index (χ4v) is 4.82. The number of aryl methyl sites for hydroxylation is 1. The lowest BCUT2D eigenvalue weighted by Crippen LogP contribution is -2.28. The SMILES string of the molecule is Cc1ccc(-c2cnc(Cc3ccc(C(CO)CC(=O)C4CC(=O)N(C5CC5)C4)cc3)nc2)cc1. The van der Waals surface area contributed by atoms with E-state index >= 15 is 0 Å². The van der Waals surface area contributed by atoms with E-state index in [1.165, 1.54) is 5.56 Å². The highest BCUT2D eigenvalue weighted by atomic mass is 16.3. The smallest absolute Gasteiger partial charge is 0.223 e. The summed E-state index contributed by atoms with van der Waals surface area (Å²) in [5.74, 6) is 0.424. The van der Waals surface area contributed by atoms with Crippen LogP contribution < -0.4 is 0 Å². The predicted octanol–water partition coefficient (Wildman–Crippen LogP) is 4.09. The molecule has 2 heterocycles. The molecule has 1 amide bonds. The molecule has 1 saturated carbocycles. The van der Waals surface area contributed by atoms with Crippen LogP contribution in [0.2, 0.25) is 0 Å². The summed E-state index contributed by atoms with van der Waals surface area (Å²) in [5, 5.41) is 9.96. The number of rotatable bonds is 9. The van der Waals surface area contributed by atoms with E-state index in [2.05, 4.69) is 41.2 Å². The van der Waals surface area contributed by atoms with E-state index in [9.17, 15) is 14.7 Å². The fourth-order valence-electron chi connectivity index (χ4n) is 4.82. The summed E-state index contributed by atoms with van der Waals surface area (Å²) in [5.41, 5.74) is 5.31. The van der Waals surface area contributed by atoms with Crippen LogP contribution in [0.5, 0.6) is 0 Å². The summed E-state index contributed by atoms with van der Waals surface area (Å²) in [7, 11) is 0. The lowest BCUT2D eigenvalue weighted by atomic mass is 9.89. The van der Waals surface area contributed by atoms with E-state index < -0.39 is 0 Å². The van der Waals surface area contributed by atoms with Crippen molar-refractivity contribution in [2.45, 2.75) is 51.0 Å². The summed E-state index contributed by atoms with van der Waals surface area (Å²) in [6.07, 6.45) is 7.00. The van der Waals surface area contributed by atoms with Crippen LogP contribution in [-0.4, -0.2) is 50.9 Å². The lowest BCUT2D eigenvalue weighted by molar-refractivity contribution is -0.129. The van der Waals surface area contributed by atoms with Crippen molar-refractivity contribution in [2.24, 2.45) is 5.92 Å². The molecule has 0 radical (unpaired) electrons. The second-order valence-electron chi connectivity index (χ2n) is 9.90. The first-order chi connectivity index (χ1) is 17.0. The van der Waals surface area contributed by atoms with Crippen LogP contribution in [0.25, 0.3) is 11.1 Å². The zero-order valence-corrected chi connectivity index (χ0v) is 20.1. The second-order valence-corrected chi connectivity index (χ2v) is 9.90. The molecule has 0 spiro atoms. The van der Waals surface area contributed by atoms with Gasteiger partial charge in [-0.25, -0.2) is 9.97 Å². The van der Waals surface area contributed by atoms with Gasteiger partial charge in [-0.05, 0) is 36.5 Å². The van der Waals surface area contributed by atoms with Crippen molar-refractivity contribution < 1.29 is 14.7 Å². The number of nitrogens with zero attached hydrogens (tertiary/aromatic N) is 3. The number of benzene rings is 2. The Labute approximate surface area is 206 Å². The third kappa shape index (κ3) is 5.49. The molecule has 1 aromatic heterocycles. The standard InChI is InChI=1S/C29H31N3O3/c1-19-2-6-22(7-3-19)25-15-30-28(31-16-25)12-20-4-8-21(9-5-20)24(18-33)13-27(34)23-14-29(35)32(17-23)26-10-11-26/h2-9,15-16,23-24,26,33H,10-14,17-18H2,1H3. The monoisotopic (exact) mass is 469 g/mol. The molecular weight excluding hydrogens is 438 g/mol. The molecule has 2 atom stereocenters. The Balaban J connectivity index is 1.18. The van der Waals surface area contributed by atoms with Crippen LogP contribution in [0.15, 0.2) is 60.9 Å². The van der Waals surface area contributed by atoms with Crippen molar-refractivity contribution in [3.63, 3.8) is 0 Å². The number of aliphatic hydroxyl groups excluding tert-OH is 1. The number of hydrogen-bond donors (Lipinski definition) is 1. The fraction of sp³-hybridized carbons (Fsp3) is 0.379. The second kappa shape index (κ2) is 10.1. The van der Waals surface area contributed by atoms with Gasteiger partial charge in [0.1, 0.15) is 11.6 Å². The number of hydrogen-bond acceptors (Lipinski definition) is 5. The van der Waals surface area contributed by atoms with Gasteiger partial charge in [-0.1, -0.05) is 54.1 Å². The minimum atomic E-state index is -0.258. The van der Waals surface area contributed by atoms with Gasteiger partial charge < -0.3 is 10.0 Å². The van der Waals surface area contributed by atoms with Crippen molar-refractivity contribution in [3.8, 4) is 11.1 Å². The molecule has 2 aliphatic rings. The van der Waals surface area contributed by atoms with Crippen LogP contribution in [0, 0.1) is 12.8 Å². The largest absolute Gasteiger partial charge is 0.396 e. The van der Waals surface area contributed by atoms with Gasteiger partial charge in [0.05, 0.1) is 6.61 Å². The average Bonchev–Trinajstić information content (AvgIpc) is 3.65. The lowest BCUT2D eigenvalue weighted by Gasteiger charge is -2.18. The Hall–Kier alpha value is -3.38. The van der Waals surface area contributed by atoms with E-state index in [-0.39, 0.29) is 36.6 Å². The van der Waals surface area contributed by atoms with Crippen LogP contribution in [0.4, 0.5) is 0 Å². The number of Topliss-reactive ketones (excluding diaryl/α,β-unsaturated/α-hetero) is 1. The Kier molecular flexibility index (Phi) is 6.73. The van der Waals surface area contributed by atoms with E-state index in [0.29, 0.717) is 25.4 Å². The maximum absolute atomic E-state index is 12.9. The van der Waals surface area contributed by atoms with Crippen LogP contribution in [-0.2, 0) is 16.0 Å². The molecule has 6 heteroatoms. The molecule has 1 N–H and O–H groups in total. The van der Waals surface area contributed by atoms with Gasteiger partial charge in [0.2, 0.25) is 5.91 Å². The topological polar surface area (TPSA) is 83.4 Å². The zero-order valence-electron chi connectivity index (χ0n) is 20.1. The van der Waals surface area contributed by atoms with Gasteiger partial charge in [-0.2, -0.15) is 0 Å². The minimum Gasteiger partial charge on any atom is -0.396 e. The van der Waals surface area contributed by atoms with Crippen molar-refractivity contribution in [2.75, 3.05) is 13.2 Å². The number of ketones is 1. The third-order valence-corrected chi connectivity index (χ3v) is 7.17. The van der Waals surface area contributed by atoms with E-state index in [0.717, 1.165) is 40.9 Å². The Morgan fingerprint density at radius 1 is 1.03 bits per heavy atom. The molecule has 180 valence electrons. The molecule has 2 unspecified atom stereocenters. The maximum Gasteiger partial charge on any atom is 0.223 e. The highest BCUT2D eigenvalue weighted by Gasteiger charge is 2.41. The molecule has 1 saturated heterocycles. The van der Waals surface area contributed by atoms with Gasteiger partial charge in [0, 0.05) is 61.6 Å². The van der Waals surface area contributed by atoms with Crippen LogP contribution in [0.3, 0.4) is 0 Å². The van der Waals surface area contributed by atoms with Crippen molar-refractivity contribution in [1.82, 2.24) is 14.9 Å². The molecule has 2 aromatic carbocycles. The zero-order chi connectivity index (χ0) is 24.4. The number of carbonyl (C=O) groups is 2. The highest BCUT2D eigenvalue weighted by Crippen LogP contribution is 2.34. The highest BCUT2D eigenvalue weighted by molar-refractivity contribution is 5.91. The number of aromatic nitrogens is 2. The Morgan fingerprint density at radius 3 is 2.34 bits per heavy atom. The van der Waals surface area contributed by atoms with Gasteiger partial charge in [0.15, 0.2) is 0 Å². The van der Waals surface area contributed by atoms with Gasteiger partial charge >= 0.3 is 0 Å². The Morgan fingerprint density at radius 2 is 1.71 bits per heavy atom. The van der Waals surface area contributed by atoms with Crippen LogP contribution in [0.1, 0.15) is 54.1 Å². The van der Waals surface area contributed by atoms with Crippen molar-refractivity contribution >= 4 is 11.7 Å². The predicted molar refractivity (Wildman–Crippen MR) is 134 cm³/mol. The summed E-state index contributed by atoms with van der Waals surface area (Å²) in [6.45, 7) is 2.51. The number of amides is 1. The van der Waals surface area contributed by atoms with Crippen molar-refractivity contribution in [1.29, 1.82) is 0 Å². The Bertz CT molecular complexity index is 1190. The van der Waals surface area contributed by atoms with Gasteiger partial charge in [-0.3, -0.25) is 9.59 Å². The maximum atomic E-state index is 12.9. The molecule has 5 rings (SSSR count). The van der Waals surface area contributed by atoms with E-state index in [4.69, 9.17) is 0 Å². The minimum absolute atomic E-state index is 0.0756. The molecule has 6 nitrogen and oxygen atoms in total. The number of aliphatic hydroxyl groups is 1. The molecular formula is C29H31N3O3. The summed E-state index contributed by atoms with van der Waals surface area (Å²) < 4.78 is 0. The number of likely N-dealkylation sites (tertiary alicyclic amines) is 1. The van der Waals surface area contributed by atoms with Crippen LogP contribution >= 0.6 is 0 Å². The summed E-state index contributed by atoms with van der Waals surface area (Å²) in [4.78, 5) is 36.0. The average molecular weight is 470 g/mol. The molecule has 2 fully saturated rings. The van der Waals surface area contributed by atoms with E-state index in [1.54, 1.807) is 0 Å². The van der Waals surface area contributed by atoms with Gasteiger partial charge in [-0.15, -0.1) is 0 Å². The summed E-state index contributed by atoms with van der Waals surface area (Å²) in [6, 6.07) is 16.6. The molecule has 1 aliphatic carbocycles. The molecule has 0 bridgehead atoms. The van der Waals surface area contributed by atoms with Crippen molar-refractivity contribution in [3.05, 3.63) is 83.4 Å². The third-order valence-electron chi connectivity index (χ3n) is 7.17. The quantitative estimate of drug-likeness (QED) is 0.510. The first kappa shape index (κ1) is 23.4. The number of carbonyl (C=O) groups excluding carboxylic acids is 2. The van der Waals surface area contributed by atoms with Gasteiger partial charge in [0.25, 0.3) is 0 Å². The first-order valence-electron chi connectivity index (χ1n) is 12.4. The normalized spacial score (nSPS) is 18.6. The van der Waals surface area contributed by atoms with E-state index in [1.807, 2.05) is 41.6 Å². The summed E-state index contributed by atoms with van der Waals surface area (Å²) >= 11 is 0. The molecule has 1 aliphatic heterocycles. The first-order valence-corrected chi connectivity index (χ1v) is 12.4.